The highest BCUT2D eigenvalue weighted by Crippen LogP contribution is 2.35. The Hall–Kier alpha value is -0.630. The lowest BCUT2D eigenvalue weighted by molar-refractivity contribution is 0.0866. The van der Waals surface area contributed by atoms with E-state index in [0.29, 0.717) is 18.1 Å². The molecule has 3 unspecified atom stereocenters. The summed E-state index contributed by atoms with van der Waals surface area (Å²) < 4.78 is 0. The maximum atomic E-state index is 9.76. The van der Waals surface area contributed by atoms with Crippen molar-refractivity contribution in [3.8, 4) is 6.07 Å². The maximum Gasteiger partial charge on any atom is 0.108 e. The van der Waals surface area contributed by atoms with Crippen LogP contribution in [0.2, 0.25) is 0 Å². The van der Waals surface area contributed by atoms with Crippen LogP contribution in [0.4, 0.5) is 0 Å². The summed E-state index contributed by atoms with van der Waals surface area (Å²) in [5, 5.41) is 13.4. The molecule has 21 heavy (non-hydrogen) atoms. The van der Waals surface area contributed by atoms with Crippen LogP contribution in [0.25, 0.3) is 0 Å². The van der Waals surface area contributed by atoms with E-state index < -0.39 is 0 Å². The normalized spacial score (nSPS) is 39.7. The average molecular weight is 290 g/mol. The molecule has 3 fully saturated rings. The largest absolute Gasteiger partial charge is 0.305 e. The van der Waals surface area contributed by atoms with Gasteiger partial charge in [-0.25, -0.2) is 0 Å². The molecule has 4 nitrogen and oxygen atoms in total. The summed E-state index contributed by atoms with van der Waals surface area (Å²) in [6, 6.07) is 4.47. The van der Waals surface area contributed by atoms with Gasteiger partial charge < -0.3 is 4.90 Å². The average Bonchev–Trinajstić information content (AvgIpc) is 3.28. The van der Waals surface area contributed by atoms with Gasteiger partial charge in [-0.3, -0.25) is 10.2 Å². The van der Waals surface area contributed by atoms with Gasteiger partial charge in [-0.1, -0.05) is 0 Å². The number of nitrogens with zero attached hydrogens (tertiary/aromatic N) is 3. The maximum absolute atomic E-state index is 9.76. The van der Waals surface area contributed by atoms with E-state index in [9.17, 15) is 5.26 Å². The number of hydrogen-bond donors (Lipinski definition) is 1. The fraction of sp³-hybridized carbons (Fsp3) is 0.941. The van der Waals surface area contributed by atoms with E-state index in [2.05, 4.69) is 35.2 Å². The van der Waals surface area contributed by atoms with Crippen LogP contribution in [-0.2, 0) is 0 Å². The summed E-state index contributed by atoms with van der Waals surface area (Å²) in [7, 11) is 2.23. The summed E-state index contributed by atoms with van der Waals surface area (Å²) >= 11 is 0. The molecule has 0 bridgehead atoms. The Morgan fingerprint density at radius 1 is 1.19 bits per heavy atom. The van der Waals surface area contributed by atoms with Crippen molar-refractivity contribution in [2.24, 2.45) is 0 Å². The van der Waals surface area contributed by atoms with Gasteiger partial charge in [0.1, 0.15) is 5.54 Å². The number of likely N-dealkylation sites (N-methyl/N-ethyl adjacent to an activating group) is 1. The third-order valence-electron chi connectivity index (χ3n) is 5.56. The second kappa shape index (κ2) is 6.24. The standard InChI is InChI=1S/C17H30N4/c1-14-12-20(2)9-4-10-21(14)16-5-3-8-17(11-16,13-18)19-15-6-7-15/h14-16,19H,3-12H2,1-2H3. The van der Waals surface area contributed by atoms with Gasteiger partial charge in [0.15, 0.2) is 0 Å². The van der Waals surface area contributed by atoms with Gasteiger partial charge in [0, 0.05) is 24.7 Å². The van der Waals surface area contributed by atoms with Crippen molar-refractivity contribution in [3.63, 3.8) is 0 Å². The molecule has 2 aliphatic carbocycles. The van der Waals surface area contributed by atoms with E-state index in [-0.39, 0.29) is 5.54 Å². The second-order valence-electron chi connectivity index (χ2n) is 7.57. The first-order chi connectivity index (χ1) is 10.1. The highest BCUT2D eigenvalue weighted by atomic mass is 15.3. The molecular weight excluding hydrogens is 260 g/mol. The third kappa shape index (κ3) is 3.59. The predicted molar refractivity (Wildman–Crippen MR) is 85.0 cm³/mol. The first kappa shape index (κ1) is 15.3. The van der Waals surface area contributed by atoms with Crippen LogP contribution < -0.4 is 5.32 Å². The van der Waals surface area contributed by atoms with Gasteiger partial charge in [0.05, 0.1) is 6.07 Å². The monoisotopic (exact) mass is 290 g/mol. The quantitative estimate of drug-likeness (QED) is 0.863. The molecule has 1 N–H and O–H groups in total. The Kier molecular flexibility index (Phi) is 4.54. The van der Waals surface area contributed by atoms with Crippen LogP contribution in [0.1, 0.15) is 51.9 Å². The summed E-state index contributed by atoms with van der Waals surface area (Å²) in [4.78, 5) is 5.15. The molecule has 0 aromatic rings. The van der Waals surface area contributed by atoms with Crippen molar-refractivity contribution in [2.75, 3.05) is 26.7 Å². The van der Waals surface area contributed by atoms with Gasteiger partial charge in [0.25, 0.3) is 0 Å². The van der Waals surface area contributed by atoms with E-state index in [1.165, 1.54) is 45.2 Å². The van der Waals surface area contributed by atoms with Crippen molar-refractivity contribution in [2.45, 2.75) is 75.5 Å². The molecule has 4 heteroatoms. The summed E-state index contributed by atoms with van der Waals surface area (Å²) in [6.45, 7) is 5.92. The molecule has 1 heterocycles. The minimum Gasteiger partial charge on any atom is -0.305 e. The van der Waals surface area contributed by atoms with Crippen LogP contribution in [0.5, 0.6) is 0 Å². The van der Waals surface area contributed by atoms with Crippen molar-refractivity contribution >= 4 is 0 Å². The van der Waals surface area contributed by atoms with E-state index >= 15 is 0 Å². The third-order valence-corrected chi connectivity index (χ3v) is 5.56. The van der Waals surface area contributed by atoms with Crippen molar-refractivity contribution in [3.05, 3.63) is 0 Å². The number of hydrogen-bond acceptors (Lipinski definition) is 4. The van der Waals surface area contributed by atoms with Crippen LogP contribution in [0.15, 0.2) is 0 Å². The lowest BCUT2D eigenvalue weighted by Gasteiger charge is -2.43. The molecule has 0 amide bonds. The van der Waals surface area contributed by atoms with E-state index in [0.717, 1.165) is 19.4 Å². The molecule has 1 aliphatic heterocycles. The topological polar surface area (TPSA) is 42.3 Å². The van der Waals surface area contributed by atoms with Crippen molar-refractivity contribution in [1.29, 1.82) is 5.26 Å². The molecule has 3 rings (SSSR count). The number of nitriles is 1. The molecular formula is C17H30N4. The molecule has 3 atom stereocenters. The van der Waals surface area contributed by atoms with Gasteiger partial charge in [-0.2, -0.15) is 5.26 Å². The molecule has 0 aromatic heterocycles. The lowest BCUT2D eigenvalue weighted by Crippen LogP contribution is -2.55. The minimum absolute atomic E-state index is 0.248. The Labute approximate surface area is 129 Å². The molecule has 1 saturated heterocycles. The summed E-state index contributed by atoms with van der Waals surface area (Å²) in [5.74, 6) is 0. The highest BCUT2D eigenvalue weighted by molar-refractivity contribution is 5.13. The van der Waals surface area contributed by atoms with Crippen LogP contribution in [-0.4, -0.2) is 60.1 Å². The van der Waals surface area contributed by atoms with Gasteiger partial charge in [-0.05, 0) is 72.0 Å². The lowest BCUT2D eigenvalue weighted by atomic mass is 9.78. The molecule has 0 aromatic carbocycles. The van der Waals surface area contributed by atoms with Gasteiger partial charge >= 0.3 is 0 Å². The first-order valence-electron chi connectivity index (χ1n) is 8.75. The fourth-order valence-electron chi connectivity index (χ4n) is 4.35. The van der Waals surface area contributed by atoms with Gasteiger partial charge in [0.2, 0.25) is 0 Å². The Balaban J connectivity index is 1.68. The van der Waals surface area contributed by atoms with Crippen molar-refractivity contribution < 1.29 is 0 Å². The highest BCUT2D eigenvalue weighted by Gasteiger charge is 2.42. The minimum atomic E-state index is -0.248. The second-order valence-corrected chi connectivity index (χ2v) is 7.57. The van der Waals surface area contributed by atoms with Crippen LogP contribution in [0.3, 0.4) is 0 Å². The van der Waals surface area contributed by atoms with E-state index in [1.807, 2.05) is 0 Å². The first-order valence-corrected chi connectivity index (χ1v) is 8.75. The molecule has 3 aliphatic rings. The van der Waals surface area contributed by atoms with E-state index in [1.54, 1.807) is 0 Å². The zero-order valence-corrected chi connectivity index (χ0v) is 13.6. The molecule has 0 spiro atoms. The Morgan fingerprint density at radius 2 is 2.00 bits per heavy atom. The summed E-state index contributed by atoms with van der Waals surface area (Å²) in [5.41, 5.74) is -0.248. The van der Waals surface area contributed by atoms with Gasteiger partial charge in [-0.15, -0.1) is 0 Å². The Morgan fingerprint density at radius 3 is 2.71 bits per heavy atom. The van der Waals surface area contributed by atoms with Crippen molar-refractivity contribution in [1.82, 2.24) is 15.1 Å². The zero-order chi connectivity index (χ0) is 14.9. The predicted octanol–water partition coefficient (Wildman–Crippen LogP) is 1.97. The smallest absolute Gasteiger partial charge is 0.108 e. The Bertz CT molecular complexity index is 400. The SMILES string of the molecule is CC1CN(C)CCCN1C1CCCC(C#N)(NC2CC2)C1. The number of nitrogens with one attached hydrogen (secondary N) is 1. The van der Waals surface area contributed by atoms with Crippen LogP contribution in [0, 0.1) is 11.3 Å². The zero-order valence-electron chi connectivity index (χ0n) is 13.6. The van der Waals surface area contributed by atoms with Crippen LogP contribution >= 0.6 is 0 Å². The number of rotatable bonds is 3. The molecule has 0 radical (unpaired) electrons. The summed E-state index contributed by atoms with van der Waals surface area (Å²) in [6.07, 6.45) is 8.30. The fourth-order valence-corrected chi connectivity index (χ4v) is 4.35. The molecule has 2 saturated carbocycles. The molecule has 118 valence electrons. The van der Waals surface area contributed by atoms with E-state index in [4.69, 9.17) is 0 Å².